The Morgan fingerprint density at radius 3 is 2.82 bits per heavy atom. The molecule has 0 amide bonds. The van der Waals surface area contributed by atoms with Crippen LogP contribution in [0.15, 0.2) is 29.6 Å². The van der Waals surface area contributed by atoms with E-state index in [1.54, 1.807) is 18.4 Å². The van der Waals surface area contributed by atoms with Crippen molar-refractivity contribution < 1.29 is 4.74 Å². The van der Waals surface area contributed by atoms with Crippen LogP contribution >= 0.6 is 11.3 Å². The molecule has 1 heterocycles. The van der Waals surface area contributed by atoms with Gasteiger partial charge in [0, 0.05) is 23.9 Å². The molecular weight excluding hydrogens is 292 g/mol. The summed E-state index contributed by atoms with van der Waals surface area (Å²) in [6, 6.07) is 8.04. The molecule has 0 fully saturated rings. The largest absolute Gasteiger partial charge is 0.496 e. The summed E-state index contributed by atoms with van der Waals surface area (Å²) in [5, 5.41) is 6.81. The van der Waals surface area contributed by atoms with E-state index < -0.39 is 0 Å². The zero-order valence-electron chi connectivity index (χ0n) is 13.6. The van der Waals surface area contributed by atoms with Gasteiger partial charge in [0.15, 0.2) is 0 Å². The van der Waals surface area contributed by atoms with Crippen LogP contribution in [0.1, 0.15) is 37.6 Å². The number of thiazole rings is 1. The fraction of sp³-hybridized carbons (Fsp3) is 0.500. The van der Waals surface area contributed by atoms with Crippen molar-refractivity contribution in [2.45, 2.75) is 39.0 Å². The molecule has 2 rings (SSSR count). The number of unbranched alkanes of at least 4 members (excludes halogenated alkanes) is 3. The number of hydrogen-bond acceptors (Lipinski definition) is 4. The molecule has 0 spiro atoms. The minimum atomic E-state index is 0.883. The lowest BCUT2D eigenvalue weighted by Crippen LogP contribution is -2.18. The average Bonchev–Trinajstić information content (AvgIpc) is 3.02. The first-order valence-electron chi connectivity index (χ1n) is 8.13. The highest BCUT2D eigenvalue weighted by molar-refractivity contribution is 7.09. The normalized spacial score (nSPS) is 10.8. The van der Waals surface area contributed by atoms with Crippen LogP contribution in [0, 0.1) is 0 Å². The Bertz CT molecular complexity index is 554. The lowest BCUT2D eigenvalue weighted by molar-refractivity contribution is 0.416. The minimum Gasteiger partial charge on any atom is -0.496 e. The van der Waals surface area contributed by atoms with Gasteiger partial charge in [-0.25, -0.2) is 4.98 Å². The van der Waals surface area contributed by atoms with Gasteiger partial charge >= 0.3 is 0 Å². The lowest BCUT2D eigenvalue weighted by atomic mass is 10.1. The zero-order valence-corrected chi connectivity index (χ0v) is 14.4. The van der Waals surface area contributed by atoms with Crippen molar-refractivity contribution in [3.05, 3.63) is 34.7 Å². The van der Waals surface area contributed by atoms with Crippen LogP contribution in [-0.2, 0) is 6.42 Å². The second kappa shape index (κ2) is 9.59. The third-order valence-corrected chi connectivity index (χ3v) is 4.57. The Kier molecular flexibility index (Phi) is 7.40. The van der Waals surface area contributed by atoms with Crippen LogP contribution in [0.5, 0.6) is 5.75 Å². The highest BCUT2D eigenvalue weighted by Crippen LogP contribution is 2.30. The van der Waals surface area contributed by atoms with Crippen molar-refractivity contribution in [1.29, 1.82) is 0 Å². The van der Waals surface area contributed by atoms with E-state index in [0.29, 0.717) is 0 Å². The summed E-state index contributed by atoms with van der Waals surface area (Å²) in [6.07, 6.45) is 6.24. The lowest BCUT2D eigenvalue weighted by Gasteiger charge is -2.05. The van der Waals surface area contributed by atoms with Crippen molar-refractivity contribution in [3.63, 3.8) is 0 Å². The molecule has 0 radical (unpaired) electrons. The van der Waals surface area contributed by atoms with E-state index in [4.69, 9.17) is 9.72 Å². The Balaban J connectivity index is 1.79. The van der Waals surface area contributed by atoms with Gasteiger partial charge in [-0.05, 0) is 25.1 Å². The van der Waals surface area contributed by atoms with Gasteiger partial charge in [0.2, 0.25) is 0 Å². The second-order valence-corrected chi connectivity index (χ2v) is 6.33. The summed E-state index contributed by atoms with van der Waals surface area (Å²) >= 11 is 1.73. The smallest absolute Gasteiger partial charge is 0.128 e. The first kappa shape index (κ1) is 17.0. The third kappa shape index (κ3) is 5.11. The summed E-state index contributed by atoms with van der Waals surface area (Å²) in [4.78, 5) is 4.73. The molecule has 1 aromatic carbocycles. The Morgan fingerprint density at radius 2 is 2.00 bits per heavy atom. The monoisotopic (exact) mass is 318 g/mol. The molecule has 0 saturated heterocycles. The summed E-state index contributed by atoms with van der Waals surface area (Å²) in [6.45, 7) is 4.37. The Labute approximate surface area is 137 Å². The molecule has 3 nitrogen and oxygen atoms in total. The Hall–Kier alpha value is -1.39. The van der Waals surface area contributed by atoms with E-state index in [2.05, 4.69) is 23.7 Å². The third-order valence-electron chi connectivity index (χ3n) is 3.66. The molecule has 1 N–H and O–H groups in total. The highest BCUT2D eigenvalue weighted by atomic mass is 32.1. The van der Waals surface area contributed by atoms with Crippen molar-refractivity contribution in [3.8, 4) is 17.0 Å². The second-order valence-electron chi connectivity index (χ2n) is 5.39. The summed E-state index contributed by atoms with van der Waals surface area (Å²) in [5.41, 5.74) is 2.08. The van der Waals surface area contributed by atoms with Gasteiger partial charge in [-0.3, -0.25) is 0 Å². The standard InChI is InChI=1S/C18H26N2OS/c1-3-4-5-8-12-19-13-11-18-20-16(14-22-18)15-9-6-7-10-17(15)21-2/h6-7,9-10,14,19H,3-5,8,11-13H2,1-2H3. The summed E-state index contributed by atoms with van der Waals surface area (Å²) in [5.74, 6) is 0.883. The number of aromatic nitrogens is 1. The van der Waals surface area contributed by atoms with E-state index >= 15 is 0 Å². The number of ether oxygens (including phenoxy) is 1. The number of nitrogens with zero attached hydrogens (tertiary/aromatic N) is 1. The maximum Gasteiger partial charge on any atom is 0.128 e. The van der Waals surface area contributed by atoms with Gasteiger partial charge in [-0.1, -0.05) is 38.3 Å². The van der Waals surface area contributed by atoms with Crippen LogP contribution in [0.2, 0.25) is 0 Å². The number of benzene rings is 1. The van der Waals surface area contributed by atoms with Crippen LogP contribution in [0.3, 0.4) is 0 Å². The molecule has 0 aliphatic heterocycles. The quantitative estimate of drug-likeness (QED) is 0.653. The van der Waals surface area contributed by atoms with Crippen LogP contribution < -0.4 is 10.1 Å². The van der Waals surface area contributed by atoms with Gasteiger partial charge in [0.25, 0.3) is 0 Å². The SMILES string of the molecule is CCCCCCNCCc1nc(-c2ccccc2OC)cs1. The molecule has 0 bridgehead atoms. The van der Waals surface area contributed by atoms with E-state index in [1.807, 2.05) is 18.2 Å². The fourth-order valence-corrected chi connectivity index (χ4v) is 3.20. The molecule has 0 aliphatic rings. The number of para-hydroxylation sites is 1. The summed E-state index contributed by atoms with van der Waals surface area (Å²) in [7, 11) is 1.70. The van der Waals surface area contributed by atoms with Crippen molar-refractivity contribution >= 4 is 11.3 Å². The van der Waals surface area contributed by atoms with Crippen LogP contribution in [-0.4, -0.2) is 25.2 Å². The van der Waals surface area contributed by atoms with E-state index in [-0.39, 0.29) is 0 Å². The number of rotatable bonds is 10. The Morgan fingerprint density at radius 1 is 1.14 bits per heavy atom. The molecule has 2 aromatic rings. The van der Waals surface area contributed by atoms with E-state index in [0.717, 1.165) is 36.5 Å². The van der Waals surface area contributed by atoms with E-state index in [1.165, 1.54) is 30.7 Å². The molecule has 0 unspecified atom stereocenters. The van der Waals surface area contributed by atoms with Gasteiger partial charge in [0.1, 0.15) is 5.75 Å². The molecular formula is C18H26N2OS. The van der Waals surface area contributed by atoms with Gasteiger partial charge in [-0.15, -0.1) is 11.3 Å². The van der Waals surface area contributed by atoms with Gasteiger partial charge in [-0.2, -0.15) is 0 Å². The molecule has 120 valence electrons. The predicted molar refractivity (Wildman–Crippen MR) is 94.8 cm³/mol. The maximum atomic E-state index is 5.41. The van der Waals surface area contributed by atoms with Crippen LogP contribution in [0.25, 0.3) is 11.3 Å². The maximum absolute atomic E-state index is 5.41. The zero-order chi connectivity index (χ0) is 15.6. The molecule has 1 aromatic heterocycles. The highest BCUT2D eigenvalue weighted by Gasteiger charge is 2.09. The minimum absolute atomic E-state index is 0.883. The summed E-state index contributed by atoms with van der Waals surface area (Å²) < 4.78 is 5.41. The average molecular weight is 318 g/mol. The van der Waals surface area contributed by atoms with Crippen LogP contribution in [0.4, 0.5) is 0 Å². The van der Waals surface area contributed by atoms with Crippen molar-refractivity contribution in [2.24, 2.45) is 0 Å². The molecule has 4 heteroatoms. The number of hydrogen-bond donors (Lipinski definition) is 1. The topological polar surface area (TPSA) is 34.2 Å². The molecule has 22 heavy (non-hydrogen) atoms. The molecule has 0 aliphatic carbocycles. The number of nitrogens with one attached hydrogen (secondary N) is 1. The molecule has 0 atom stereocenters. The van der Waals surface area contributed by atoms with Crippen molar-refractivity contribution in [1.82, 2.24) is 10.3 Å². The van der Waals surface area contributed by atoms with Gasteiger partial charge < -0.3 is 10.1 Å². The number of methoxy groups -OCH3 is 1. The predicted octanol–water partition coefficient (Wildman–Crippen LogP) is 4.53. The van der Waals surface area contributed by atoms with E-state index in [9.17, 15) is 0 Å². The van der Waals surface area contributed by atoms with Crippen molar-refractivity contribution in [2.75, 3.05) is 20.2 Å². The first-order chi connectivity index (χ1) is 10.8. The molecule has 0 saturated carbocycles. The van der Waals surface area contributed by atoms with Gasteiger partial charge in [0.05, 0.1) is 17.8 Å². The first-order valence-corrected chi connectivity index (χ1v) is 9.01. The fourth-order valence-electron chi connectivity index (χ4n) is 2.40.